The lowest BCUT2D eigenvalue weighted by Crippen LogP contribution is -2.45. The lowest BCUT2D eigenvalue weighted by molar-refractivity contribution is -0.123. The van der Waals surface area contributed by atoms with Crippen molar-refractivity contribution in [2.75, 3.05) is 6.61 Å². The third kappa shape index (κ3) is 42.7. The number of carbonyl (C=O) groups excluding carboxylic acids is 1. The summed E-state index contributed by atoms with van der Waals surface area (Å²) in [5.74, 6) is -0.0807. The molecule has 0 aliphatic rings. The van der Waals surface area contributed by atoms with Crippen molar-refractivity contribution in [1.29, 1.82) is 0 Å². The molecular weight excluding hydrogens is 687 g/mol. The predicted molar refractivity (Wildman–Crippen MR) is 248 cm³/mol. The molecule has 322 valence electrons. The van der Waals surface area contributed by atoms with Crippen LogP contribution in [0.5, 0.6) is 0 Å². The van der Waals surface area contributed by atoms with Crippen molar-refractivity contribution in [3.63, 3.8) is 0 Å². The first-order valence-corrected chi connectivity index (χ1v) is 23.8. The van der Waals surface area contributed by atoms with Gasteiger partial charge in [0.2, 0.25) is 5.91 Å². The smallest absolute Gasteiger partial charge is 0.220 e. The van der Waals surface area contributed by atoms with E-state index in [0.717, 1.165) is 70.6 Å². The van der Waals surface area contributed by atoms with E-state index in [1.807, 2.05) is 6.08 Å². The largest absolute Gasteiger partial charge is 0.394 e. The third-order valence-corrected chi connectivity index (χ3v) is 10.3. The molecule has 0 aromatic rings. The van der Waals surface area contributed by atoms with E-state index in [1.165, 1.54) is 128 Å². The van der Waals surface area contributed by atoms with Crippen LogP contribution in [-0.2, 0) is 4.79 Å². The number of nitrogens with one attached hydrogen (secondary N) is 1. The van der Waals surface area contributed by atoms with Gasteiger partial charge < -0.3 is 15.5 Å². The van der Waals surface area contributed by atoms with Crippen molar-refractivity contribution in [3.05, 3.63) is 85.1 Å². The molecule has 0 aliphatic carbocycles. The SMILES string of the molecule is CC/C=C\C/C=C\C/C=C\C/C=C\CCCCCCCCCCCCCCCCCCCCCCC(=O)NC(CO)C(O)/C=C/CC/C=C/CC/C=C/CCC. The molecule has 4 nitrogen and oxygen atoms in total. The zero-order chi connectivity index (χ0) is 40.7. The minimum Gasteiger partial charge on any atom is -0.394 e. The Morgan fingerprint density at radius 2 is 0.804 bits per heavy atom. The van der Waals surface area contributed by atoms with Gasteiger partial charge in [0.15, 0.2) is 0 Å². The number of aliphatic hydroxyl groups excluding tert-OH is 2. The zero-order valence-corrected chi connectivity index (χ0v) is 36.9. The van der Waals surface area contributed by atoms with Crippen LogP contribution in [0.1, 0.15) is 219 Å². The van der Waals surface area contributed by atoms with Gasteiger partial charge in [-0.05, 0) is 77.0 Å². The van der Waals surface area contributed by atoms with Crippen molar-refractivity contribution >= 4 is 5.91 Å². The van der Waals surface area contributed by atoms with E-state index >= 15 is 0 Å². The Morgan fingerprint density at radius 1 is 0.446 bits per heavy atom. The highest BCUT2D eigenvalue weighted by Gasteiger charge is 2.17. The first kappa shape index (κ1) is 53.6. The minimum atomic E-state index is -0.870. The molecule has 56 heavy (non-hydrogen) atoms. The van der Waals surface area contributed by atoms with Crippen molar-refractivity contribution in [1.82, 2.24) is 5.32 Å². The number of rotatable bonds is 42. The third-order valence-electron chi connectivity index (χ3n) is 10.3. The van der Waals surface area contributed by atoms with Gasteiger partial charge in [-0.3, -0.25) is 4.79 Å². The fourth-order valence-corrected chi connectivity index (χ4v) is 6.74. The van der Waals surface area contributed by atoms with Gasteiger partial charge in [-0.2, -0.15) is 0 Å². The summed E-state index contributed by atoms with van der Waals surface area (Å²) in [5.41, 5.74) is 0. The molecule has 0 bridgehead atoms. The van der Waals surface area contributed by atoms with Crippen molar-refractivity contribution in [2.45, 2.75) is 231 Å². The Hall–Kier alpha value is -2.43. The number of carbonyl (C=O) groups is 1. The van der Waals surface area contributed by atoms with Crippen LogP contribution < -0.4 is 5.32 Å². The van der Waals surface area contributed by atoms with Crippen LogP contribution in [0.2, 0.25) is 0 Å². The summed E-state index contributed by atoms with van der Waals surface area (Å²) in [4.78, 5) is 12.4. The van der Waals surface area contributed by atoms with E-state index < -0.39 is 12.1 Å². The second-order valence-corrected chi connectivity index (χ2v) is 15.8. The molecule has 0 aromatic carbocycles. The van der Waals surface area contributed by atoms with E-state index in [-0.39, 0.29) is 12.5 Å². The highest BCUT2D eigenvalue weighted by atomic mass is 16.3. The van der Waals surface area contributed by atoms with E-state index in [2.05, 4.69) is 92.1 Å². The number of hydrogen-bond acceptors (Lipinski definition) is 3. The molecule has 1 amide bonds. The maximum atomic E-state index is 12.4. The molecule has 0 fully saturated rings. The molecule has 2 unspecified atom stereocenters. The zero-order valence-electron chi connectivity index (χ0n) is 36.9. The molecule has 2 atom stereocenters. The molecule has 0 aromatic heterocycles. The molecular formula is C52H91NO3. The van der Waals surface area contributed by atoms with Crippen LogP contribution in [0.15, 0.2) is 85.1 Å². The van der Waals surface area contributed by atoms with E-state index in [1.54, 1.807) is 6.08 Å². The van der Waals surface area contributed by atoms with Gasteiger partial charge in [0.25, 0.3) is 0 Å². The Kier molecular flexibility index (Phi) is 44.9. The summed E-state index contributed by atoms with van der Waals surface area (Å²) in [5, 5.41) is 22.9. The minimum absolute atomic E-state index is 0.0807. The normalized spacial score (nSPS) is 13.7. The number of aliphatic hydroxyl groups is 2. The summed E-state index contributed by atoms with van der Waals surface area (Å²) >= 11 is 0. The summed E-state index contributed by atoms with van der Waals surface area (Å²) in [7, 11) is 0. The van der Waals surface area contributed by atoms with Gasteiger partial charge in [-0.15, -0.1) is 0 Å². The molecule has 0 heterocycles. The average molecular weight is 778 g/mol. The lowest BCUT2D eigenvalue weighted by atomic mass is 10.0. The topological polar surface area (TPSA) is 69.6 Å². The number of unbranched alkanes of at least 4 members (excludes halogenated alkanes) is 23. The summed E-state index contributed by atoms with van der Waals surface area (Å²) in [6.45, 7) is 4.10. The van der Waals surface area contributed by atoms with E-state index in [0.29, 0.717) is 6.42 Å². The van der Waals surface area contributed by atoms with Gasteiger partial charge in [0, 0.05) is 6.42 Å². The van der Waals surface area contributed by atoms with Crippen LogP contribution in [0.4, 0.5) is 0 Å². The predicted octanol–water partition coefficient (Wildman–Crippen LogP) is 15.2. The van der Waals surface area contributed by atoms with Gasteiger partial charge in [-0.1, -0.05) is 221 Å². The molecule has 0 rings (SSSR count). The van der Waals surface area contributed by atoms with Gasteiger partial charge in [0.1, 0.15) is 0 Å². The number of hydrogen-bond donors (Lipinski definition) is 3. The highest BCUT2D eigenvalue weighted by Crippen LogP contribution is 2.15. The lowest BCUT2D eigenvalue weighted by Gasteiger charge is -2.19. The maximum Gasteiger partial charge on any atom is 0.220 e. The van der Waals surface area contributed by atoms with E-state index in [9.17, 15) is 15.0 Å². The van der Waals surface area contributed by atoms with Crippen molar-refractivity contribution in [3.8, 4) is 0 Å². The van der Waals surface area contributed by atoms with Gasteiger partial charge >= 0.3 is 0 Å². The molecule has 0 aliphatic heterocycles. The van der Waals surface area contributed by atoms with Gasteiger partial charge in [-0.25, -0.2) is 0 Å². The van der Waals surface area contributed by atoms with Gasteiger partial charge in [0.05, 0.1) is 18.8 Å². The number of amides is 1. The maximum absolute atomic E-state index is 12.4. The van der Waals surface area contributed by atoms with Crippen molar-refractivity contribution in [2.24, 2.45) is 0 Å². The fourth-order valence-electron chi connectivity index (χ4n) is 6.74. The molecule has 0 saturated carbocycles. The number of allylic oxidation sites excluding steroid dienone is 13. The Morgan fingerprint density at radius 3 is 1.23 bits per heavy atom. The van der Waals surface area contributed by atoms with Crippen LogP contribution >= 0.6 is 0 Å². The second-order valence-electron chi connectivity index (χ2n) is 15.8. The quantitative estimate of drug-likeness (QED) is 0.0427. The molecule has 4 heteroatoms. The highest BCUT2D eigenvalue weighted by molar-refractivity contribution is 5.76. The fraction of sp³-hybridized carbons (Fsp3) is 0.712. The first-order chi connectivity index (χ1) is 27.7. The Bertz CT molecular complexity index is 1020. The first-order valence-electron chi connectivity index (χ1n) is 23.8. The van der Waals surface area contributed by atoms with Crippen LogP contribution in [0.25, 0.3) is 0 Å². The summed E-state index contributed by atoms with van der Waals surface area (Å²) < 4.78 is 0. The molecule has 3 N–H and O–H groups in total. The van der Waals surface area contributed by atoms with E-state index in [4.69, 9.17) is 0 Å². The molecule has 0 radical (unpaired) electrons. The van der Waals surface area contributed by atoms with Crippen LogP contribution in [0, 0.1) is 0 Å². The second kappa shape index (κ2) is 46.9. The molecule has 0 spiro atoms. The Labute approximate surface area is 348 Å². The Balaban J connectivity index is 3.47. The summed E-state index contributed by atoms with van der Waals surface area (Å²) in [6, 6.07) is -0.646. The monoisotopic (exact) mass is 778 g/mol. The average Bonchev–Trinajstić information content (AvgIpc) is 3.20. The van der Waals surface area contributed by atoms with Crippen LogP contribution in [0.3, 0.4) is 0 Å². The summed E-state index contributed by atoms with van der Waals surface area (Å²) in [6.07, 6.45) is 68.7. The van der Waals surface area contributed by atoms with Crippen LogP contribution in [-0.4, -0.2) is 34.9 Å². The molecule has 0 saturated heterocycles. The standard InChI is InChI=1S/C52H91NO3/c1-3-5-7-9-11-13-15-16-17-18-19-20-21-22-23-24-25-26-27-28-29-30-31-32-33-34-35-36-38-40-42-44-46-48-52(56)53-50(49-54)51(55)47-45-43-41-39-37-14-12-10-8-6-4-2/h5,7-8,10-11,13,16-17,19-20,37,39,45,47,50-51,54-55H,3-4,6,9,12,14-15,18,21-36,38,40-44,46,48-49H2,1-2H3,(H,53,56)/b7-5-,10-8+,13-11-,17-16-,20-19-,39-37+,47-45+. The van der Waals surface area contributed by atoms with Crippen molar-refractivity contribution < 1.29 is 15.0 Å².